The van der Waals surface area contributed by atoms with E-state index in [1.807, 2.05) is 72.5 Å². The third-order valence-corrected chi connectivity index (χ3v) is 14.3. The Kier molecular flexibility index (Phi) is 12.6. The lowest BCUT2D eigenvalue weighted by Crippen LogP contribution is -2.57. The molecule has 3 aliphatic rings. The number of anilines is 2. The molecule has 2 saturated carbocycles. The smallest absolute Gasteiger partial charge is 0.355 e. The normalized spacial score (nSPS) is 22.9. The first-order valence-corrected chi connectivity index (χ1v) is 23.1. The number of carboxylic acids is 1. The van der Waals surface area contributed by atoms with Crippen molar-refractivity contribution in [2.45, 2.75) is 91.8 Å². The number of carbonyl (C=O) groups is 3. The Morgan fingerprint density at radius 1 is 0.954 bits per heavy atom. The van der Waals surface area contributed by atoms with Crippen LogP contribution in [0.5, 0.6) is 5.75 Å². The molecule has 2 aliphatic carbocycles. The van der Waals surface area contributed by atoms with E-state index in [-0.39, 0.29) is 33.6 Å². The highest BCUT2D eigenvalue weighted by molar-refractivity contribution is 7.22. The molecule has 65 heavy (non-hydrogen) atoms. The second kappa shape index (κ2) is 18.0. The first-order chi connectivity index (χ1) is 31.0. The summed E-state index contributed by atoms with van der Waals surface area (Å²) < 4.78 is 7.91. The molecule has 2 aromatic heterocycles. The number of rotatable bonds is 15. The van der Waals surface area contributed by atoms with Crippen LogP contribution in [0.2, 0.25) is 0 Å². The van der Waals surface area contributed by atoms with Gasteiger partial charge in [-0.1, -0.05) is 75.4 Å². The summed E-state index contributed by atoms with van der Waals surface area (Å²) in [6.45, 7) is 13.9. The monoisotopic (exact) mass is 897 g/mol. The summed E-state index contributed by atoms with van der Waals surface area (Å²) in [6, 6.07) is 23.9. The van der Waals surface area contributed by atoms with Gasteiger partial charge in [0.2, 0.25) is 6.41 Å². The number of aromatic nitrogens is 2. The number of aromatic carboxylic acids is 1. The van der Waals surface area contributed by atoms with E-state index in [0.717, 1.165) is 65.4 Å². The summed E-state index contributed by atoms with van der Waals surface area (Å²) in [4.78, 5) is 56.8. The highest BCUT2D eigenvalue weighted by Crippen LogP contribution is 2.63. The molecule has 8 rings (SSSR count). The predicted octanol–water partition coefficient (Wildman–Crippen LogP) is 9.10. The molecule has 2 amide bonds. The van der Waals surface area contributed by atoms with Crippen LogP contribution < -0.4 is 16.0 Å². The van der Waals surface area contributed by atoms with E-state index in [2.05, 4.69) is 38.0 Å². The van der Waals surface area contributed by atoms with Crippen LogP contribution in [-0.2, 0) is 29.0 Å². The van der Waals surface area contributed by atoms with Crippen molar-refractivity contribution in [3.8, 4) is 5.75 Å². The van der Waals surface area contributed by atoms with Crippen molar-refractivity contribution in [2.75, 3.05) is 36.5 Å². The van der Waals surface area contributed by atoms with Crippen LogP contribution >= 0.6 is 11.3 Å². The molecule has 2 fully saturated rings. The molecule has 3 aromatic carbocycles. The lowest BCUT2D eigenvalue weighted by atomic mass is 9.48. The Bertz CT molecular complexity index is 2640. The van der Waals surface area contributed by atoms with Gasteiger partial charge in [0.05, 0.1) is 22.4 Å². The summed E-state index contributed by atoms with van der Waals surface area (Å²) in [5.74, 6) is -0.756. The van der Waals surface area contributed by atoms with Gasteiger partial charge >= 0.3 is 5.97 Å². The first kappa shape index (κ1) is 45.4. The number of nitrogens with two attached hydrogens (primary N) is 1. The van der Waals surface area contributed by atoms with Crippen molar-refractivity contribution >= 4 is 62.1 Å². The molecule has 3 unspecified atom stereocenters. The van der Waals surface area contributed by atoms with Crippen molar-refractivity contribution < 1.29 is 29.3 Å². The van der Waals surface area contributed by atoms with Gasteiger partial charge in [-0.3, -0.25) is 19.9 Å². The summed E-state index contributed by atoms with van der Waals surface area (Å²) in [6.07, 6.45) is 7.54. The van der Waals surface area contributed by atoms with E-state index in [0.29, 0.717) is 79.1 Å². The summed E-state index contributed by atoms with van der Waals surface area (Å²) in [5, 5.41) is 23.8. The first-order valence-electron chi connectivity index (χ1n) is 22.3. The number of carbonyl (C=O) groups excluding carboxylic acids is 2. The van der Waals surface area contributed by atoms with Gasteiger partial charge in [0, 0.05) is 61.3 Å². The Labute approximate surface area is 384 Å². The number of allylic oxidation sites excluding steroid dienone is 1. The van der Waals surface area contributed by atoms with Crippen molar-refractivity contribution in [3.63, 3.8) is 0 Å². The summed E-state index contributed by atoms with van der Waals surface area (Å²) in [7, 11) is 0. The molecular formula is C51H59N7O6S. The highest BCUT2D eigenvalue weighted by Gasteiger charge is 2.58. The average Bonchev–Trinajstić information content (AvgIpc) is 3.67. The van der Waals surface area contributed by atoms with E-state index in [1.54, 1.807) is 23.1 Å². The third kappa shape index (κ3) is 10.1. The average molecular weight is 898 g/mol. The highest BCUT2D eigenvalue weighted by atomic mass is 32.1. The maximum absolute atomic E-state index is 13.7. The molecule has 14 heteroatoms. The fraction of sp³-hybridized carbons (Fsp3) is 0.412. The summed E-state index contributed by atoms with van der Waals surface area (Å²) in [5.41, 5.74) is 11.3. The van der Waals surface area contributed by atoms with Gasteiger partial charge < -0.3 is 30.5 Å². The lowest BCUT2D eigenvalue weighted by molar-refractivity contribution is -0.190. The van der Waals surface area contributed by atoms with Gasteiger partial charge in [-0.2, -0.15) is 0 Å². The molecule has 3 atom stereocenters. The number of nitrogens with zero attached hydrogens (tertiary/aromatic N) is 5. The number of phenols is 1. The number of ether oxygens (including phenoxy) is 1. The van der Waals surface area contributed by atoms with Gasteiger partial charge in [0.25, 0.3) is 5.91 Å². The number of aliphatic imine (C=N–C) groups is 1. The van der Waals surface area contributed by atoms with Crippen LogP contribution in [-0.4, -0.2) is 80.9 Å². The Morgan fingerprint density at radius 2 is 1.74 bits per heavy atom. The molecule has 0 radical (unpaired) electrons. The molecule has 3 heterocycles. The van der Waals surface area contributed by atoms with Crippen LogP contribution in [0, 0.1) is 16.2 Å². The predicted molar refractivity (Wildman–Crippen MR) is 256 cm³/mol. The van der Waals surface area contributed by atoms with Crippen LogP contribution in [0.15, 0.2) is 90.1 Å². The second-order valence-corrected chi connectivity index (χ2v) is 20.9. The number of carboxylic acid groups (broad SMARTS) is 1. The Morgan fingerprint density at radius 3 is 2.48 bits per heavy atom. The molecule has 13 nitrogen and oxygen atoms in total. The van der Waals surface area contributed by atoms with Gasteiger partial charge in [-0.05, 0) is 121 Å². The van der Waals surface area contributed by atoms with Crippen LogP contribution in [0.3, 0.4) is 0 Å². The molecule has 5 aromatic rings. The topological polar surface area (TPSA) is 184 Å². The second-order valence-electron chi connectivity index (χ2n) is 19.9. The standard InChI is InChI=1S/C51H59N7O6S/c1-33(53-31-50(5)28-49(4)26-48(2,3)27-51(29-49,30-50)64-22-21-57(32-59)24-34-13-15-36(60)16-14-34)39(23-52)37-17-18-43(55-44(37)46(62)63)58-20-19-35-9-8-10-38(40(35)25-58)45(61)56-47-54-41-11-6-7-12-42(41)65-47/h6-18,23,32,60H,19-22,24-31,52H2,1-5H3,(H,62,63)(H,54,56,61). The zero-order valence-electron chi connectivity index (χ0n) is 37.9. The molecule has 340 valence electrons. The number of aromatic hydroxyl groups is 1. The zero-order chi connectivity index (χ0) is 46.1. The van der Waals surface area contributed by atoms with Gasteiger partial charge in [0.15, 0.2) is 10.8 Å². The Hall–Kier alpha value is -6.12. The maximum atomic E-state index is 13.7. The van der Waals surface area contributed by atoms with Crippen LogP contribution in [0.25, 0.3) is 15.8 Å². The fourth-order valence-corrected chi connectivity index (χ4v) is 12.5. The van der Waals surface area contributed by atoms with Crippen molar-refractivity contribution in [1.82, 2.24) is 14.9 Å². The summed E-state index contributed by atoms with van der Waals surface area (Å²) >= 11 is 1.42. The maximum Gasteiger partial charge on any atom is 0.355 e. The number of benzene rings is 3. The van der Waals surface area contributed by atoms with Crippen molar-refractivity contribution in [3.05, 3.63) is 119 Å². The van der Waals surface area contributed by atoms with Gasteiger partial charge in [-0.15, -0.1) is 0 Å². The minimum Gasteiger partial charge on any atom is -0.508 e. The number of pyridine rings is 1. The SMILES string of the molecule is CC(=NCC1(C)CC2(C)CC(C)(C)CC(OCCN(C=O)Cc3ccc(O)cc3)(C1)C2)C(=CN)c1ccc(N2CCc3cccc(C(=O)Nc4nc5ccccc5s4)c3C2)nc1C(=O)O. The zero-order valence-corrected chi connectivity index (χ0v) is 38.7. The lowest BCUT2D eigenvalue weighted by Gasteiger charge is -2.61. The quantitative estimate of drug-likeness (QED) is 0.0584. The number of hydrogen-bond donors (Lipinski definition) is 4. The molecular weight excluding hydrogens is 839 g/mol. The van der Waals surface area contributed by atoms with Gasteiger partial charge in [0.1, 0.15) is 11.6 Å². The number of fused-ring (bicyclic) bond motifs is 4. The number of thiazole rings is 1. The molecule has 5 N–H and O–H groups in total. The molecule has 0 saturated heterocycles. The molecule has 1 aliphatic heterocycles. The van der Waals surface area contributed by atoms with Crippen LogP contribution in [0.1, 0.15) is 110 Å². The fourth-order valence-electron chi connectivity index (χ4n) is 11.6. The van der Waals surface area contributed by atoms with Crippen molar-refractivity contribution in [2.24, 2.45) is 27.0 Å². The van der Waals surface area contributed by atoms with Crippen LogP contribution in [0.4, 0.5) is 10.9 Å². The number of amides is 2. The van der Waals surface area contributed by atoms with E-state index in [9.17, 15) is 24.6 Å². The van der Waals surface area contributed by atoms with E-state index < -0.39 is 11.6 Å². The van der Waals surface area contributed by atoms with Crippen molar-refractivity contribution in [1.29, 1.82) is 0 Å². The molecule has 0 spiro atoms. The van der Waals surface area contributed by atoms with E-state index >= 15 is 0 Å². The number of nitrogens with one attached hydrogen (secondary N) is 1. The number of hydrogen-bond acceptors (Lipinski definition) is 11. The Balaban J connectivity index is 0.974. The van der Waals surface area contributed by atoms with E-state index in [4.69, 9.17) is 20.4 Å². The van der Waals surface area contributed by atoms with E-state index in [1.165, 1.54) is 17.5 Å². The molecule has 2 bridgehead atoms. The number of para-hydroxylation sites is 1. The minimum absolute atomic E-state index is 0.00721. The third-order valence-electron chi connectivity index (χ3n) is 13.3. The van der Waals surface area contributed by atoms with Gasteiger partial charge in [-0.25, -0.2) is 14.8 Å². The number of phenolic OH excluding ortho intramolecular Hbond substituents is 1. The largest absolute Gasteiger partial charge is 0.508 e. The minimum atomic E-state index is -1.18.